The van der Waals surface area contributed by atoms with Crippen molar-refractivity contribution in [3.8, 4) is 5.69 Å². The number of carbonyl (C=O) groups is 1. The molecule has 1 aromatic heterocycles. The predicted octanol–water partition coefficient (Wildman–Crippen LogP) is 4.70. The molecule has 0 saturated carbocycles. The number of hydrogen-bond donors (Lipinski definition) is 2. The maximum Gasteiger partial charge on any atom is 0.269 e. The number of aromatic nitrogens is 2. The van der Waals surface area contributed by atoms with Gasteiger partial charge in [0, 0.05) is 24.3 Å². The first-order valence-corrected chi connectivity index (χ1v) is 9.17. The van der Waals surface area contributed by atoms with Gasteiger partial charge >= 0.3 is 0 Å². The SMILES string of the molecule is CC(C)C(CNC(=O)c1c[nH]c(=S)n1-c1ccccc1)c1ccccc1. The maximum absolute atomic E-state index is 12.8. The summed E-state index contributed by atoms with van der Waals surface area (Å²) in [5, 5.41) is 3.08. The molecule has 0 radical (unpaired) electrons. The molecule has 2 aromatic carbocycles. The van der Waals surface area contributed by atoms with Crippen LogP contribution in [0.25, 0.3) is 5.69 Å². The molecule has 5 heteroatoms. The second-order valence-electron chi connectivity index (χ2n) is 6.62. The van der Waals surface area contributed by atoms with E-state index in [2.05, 4.69) is 36.3 Å². The highest BCUT2D eigenvalue weighted by molar-refractivity contribution is 7.71. The number of aromatic amines is 1. The van der Waals surface area contributed by atoms with E-state index in [0.717, 1.165) is 5.69 Å². The lowest BCUT2D eigenvalue weighted by Crippen LogP contribution is -2.31. The molecule has 0 fully saturated rings. The molecule has 134 valence electrons. The number of rotatable bonds is 6. The van der Waals surface area contributed by atoms with Gasteiger partial charge in [-0.1, -0.05) is 62.4 Å². The molecule has 1 unspecified atom stereocenters. The molecule has 0 aliphatic carbocycles. The minimum atomic E-state index is -0.136. The standard InChI is InChI=1S/C21H23N3OS/c1-15(2)18(16-9-5-3-6-10-16)13-22-20(25)19-14-23-21(26)24(19)17-11-7-4-8-12-17/h3-12,14-15,18H,13H2,1-2H3,(H,22,25)(H,23,26). The van der Waals surface area contributed by atoms with Crippen molar-refractivity contribution in [2.24, 2.45) is 5.92 Å². The summed E-state index contributed by atoms with van der Waals surface area (Å²) in [5.41, 5.74) is 2.61. The van der Waals surface area contributed by atoms with Crippen molar-refractivity contribution in [1.29, 1.82) is 0 Å². The van der Waals surface area contributed by atoms with Gasteiger partial charge in [-0.15, -0.1) is 0 Å². The van der Waals surface area contributed by atoms with E-state index in [4.69, 9.17) is 12.2 Å². The largest absolute Gasteiger partial charge is 0.350 e. The number of benzene rings is 2. The van der Waals surface area contributed by atoms with Crippen molar-refractivity contribution < 1.29 is 4.79 Å². The fourth-order valence-electron chi connectivity index (χ4n) is 3.10. The number of imidazole rings is 1. The monoisotopic (exact) mass is 365 g/mol. The van der Waals surface area contributed by atoms with Crippen LogP contribution >= 0.6 is 12.2 Å². The zero-order chi connectivity index (χ0) is 18.5. The Bertz CT molecular complexity index is 913. The molecule has 0 saturated heterocycles. The molecule has 0 bridgehead atoms. The van der Waals surface area contributed by atoms with Gasteiger partial charge < -0.3 is 10.3 Å². The maximum atomic E-state index is 12.8. The van der Waals surface area contributed by atoms with Gasteiger partial charge in [-0.05, 0) is 35.8 Å². The Balaban J connectivity index is 1.80. The number of amides is 1. The average molecular weight is 366 g/mol. The first kappa shape index (κ1) is 18.1. The summed E-state index contributed by atoms with van der Waals surface area (Å²) < 4.78 is 2.27. The van der Waals surface area contributed by atoms with Crippen molar-refractivity contribution in [3.05, 3.63) is 82.9 Å². The van der Waals surface area contributed by atoms with Gasteiger partial charge in [-0.3, -0.25) is 9.36 Å². The Morgan fingerprint density at radius 1 is 1.08 bits per heavy atom. The third-order valence-electron chi connectivity index (χ3n) is 4.54. The molecular weight excluding hydrogens is 342 g/mol. The first-order valence-electron chi connectivity index (χ1n) is 8.77. The summed E-state index contributed by atoms with van der Waals surface area (Å²) in [6, 6.07) is 19.9. The third-order valence-corrected chi connectivity index (χ3v) is 4.84. The third kappa shape index (κ3) is 3.94. The molecule has 3 rings (SSSR count). The molecular formula is C21H23N3OS. The molecule has 0 aliphatic rings. The molecule has 2 N–H and O–H groups in total. The highest BCUT2D eigenvalue weighted by Gasteiger charge is 2.19. The van der Waals surface area contributed by atoms with Gasteiger partial charge in [-0.25, -0.2) is 0 Å². The Kier molecular flexibility index (Phi) is 5.68. The van der Waals surface area contributed by atoms with E-state index in [1.54, 1.807) is 10.8 Å². The van der Waals surface area contributed by atoms with Crippen LogP contribution in [0.15, 0.2) is 66.9 Å². The number of para-hydroxylation sites is 1. The molecule has 3 aromatic rings. The molecule has 0 aliphatic heterocycles. The van der Waals surface area contributed by atoms with Crippen LogP contribution in [0, 0.1) is 10.7 Å². The average Bonchev–Trinajstić information content (AvgIpc) is 3.04. The topological polar surface area (TPSA) is 49.8 Å². The normalized spacial score (nSPS) is 12.1. The van der Waals surface area contributed by atoms with Gasteiger partial charge in [0.25, 0.3) is 5.91 Å². The van der Waals surface area contributed by atoms with E-state index in [-0.39, 0.29) is 11.8 Å². The molecule has 1 heterocycles. The van der Waals surface area contributed by atoms with E-state index in [0.29, 0.717) is 22.9 Å². The van der Waals surface area contributed by atoms with E-state index >= 15 is 0 Å². The minimum absolute atomic E-state index is 0.136. The van der Waals surface area contributed by atoms with Crippen LogP contribution < -0.4 is 5.32 Å². The number of nitrogens with zero attached hydrogens (tertiary/aromatic N) is 1. The van der Waals surface area contributed by atoms with Gasteiger partial charge in [0.1, 0.15) is 5.69 Å². The molecule has 1 atom stereocenters. The fraction of sp³-hybridized carbons (Fsp3) is 0.238. The molecule has 4 nitrogen and oxygen atoms in total. The van der Waals surface area contributed by atoms with Crippen LogP contribution in [0.5, 0.6) is 0 Å². The Hall–Kier alpha value is -2.66. The summed E-state index contributed by atoms with van der Waals surface area (Å²) in [5.74, 6) is 0.537. The Morgan fingerprint density at radius 2 is 1.69 bits per heavy atom. The smallest absolute Gasteiger partial charge is 0.269 e. The van der Waals surface area contributed by atoms with Gasteiger partial charge in [0.2, 0.25) is 0 Å². The quantitative estimate of drug-likeness (QED) is 0.622. The van der Waals surface area contributed by atoms with Crippen LogP contribution in [-0.2, 0) is 0 Å². The number of hydrogen-bond acceptors (Lipinski definition) is 2. The van der Waals surface area contributed by atoms with E-state index in [9.17, 15) is 4.79 Å². The second-order valence-corrected chi connectivity index (χ2v) is 7.01. The fourth-order valence-corrected chi connectivity index (χ4v) is 3.36. The lowest BCUT2D eigenvalue weighted by Gasteiger charge is -2.22. The first-order chi connectivity index (χ1) is 12.6. The summed E-state index contributed by atoms with van der Waals surface area (Å²) >= 11 is 5.36. The number of H-pyrrole nitrogens is 1. The second kappa shape index (κ2) is 8.15. The Morgan fingerprint density at radius 3 is 2.31 bits per heavy atom. The lowest BCUT2D eigenvalue weighted by molar-refractivity contribution is 0.0942. The summed E-state index contributed by atoms with van der Waals surface area (Å²) in [7, 11) is 0. The van der Waals surface area contributed by atoms with Crippen LogP contribution in [0.1, 0.15) is 35.8 Å². The van der Waals surface area contributed by atoms with Crippen molar-refractivity contribution in [3.63, 3.8) is 0 Å². The van der Waals surface area contributed by atoms with Crippen molar-refractivity contribution in [2.75, 3.05) is 6.54 Å². The number of nitrogens with one attached hydrogen (secondary N) is 2. The van der Waals surface area contributed by atoms with E-state index < -0.39 is 0 Å². The van der Waals surface area contributed by atoms with Crippen molar-refractivity contribution in [1.82, 2.24) is 14.9 Å². The lowest BCUT2D eigenvalue weighted by atomic mass is 9.88. The van der Waals surface area contributed by atoms with E-state index in [1.165, 1.54) is 5.56 Å². The van der Waals surface area contributed by atoms with Crippen LogP contribution in [0.4, 0.5) is 0 Å². The predicted molar refractivity (Wildman–Crippen MR) is 107 cm³/mol. The zero-order valence-corrected chi connectivity index (χ0v) is 15.8. The van der Waals surface area contributed by atoms with Gasteiger partial charge in [-0.2, -0.15) is 0 Å². The summed E-state index contributed by atoms with van der Waals surface area (Å²) in [6.07, 6.45) is 1.66. The summed E-state index contributed by atoms with van der Waals surface area (Å²) in [4.78, 5) is 15.8. The van der Waals surface area contributed by atoms with Gasteiger partial charge in [0.05, 0.1) is 0 Å². The van der Waals surface area contributed by atoms with E-state index in [1.807, 2.05) is 48.5 Å². The highest BCUT2D eigenvalue weighted by Crippen LogP contribution is 2.23. The number of carbonyl (C=O) groups excluding carboxylic acids is 1. The highest BCUT2D eigenvalue weighted by atomic mass is 32.1. The minimum Gasteiger partial charge on any atom is -0.350 e. The van der Waals surface area contributed by atoms with Crippen molar-refractivity contribution in [2.45, 2.75) is 19.8 Å². The van der Waals surface area contributed by atoms with Crippen LogP contribution in [-0.4, -0.2) is 22.0 Å². The van der Waals surface area contributed by atoms with Crippen molar-refractivity contribution >= 4 is 18.1 Å². The molecule has 26 heavy (non-hydrogen) atoms. The zero-order valence-electron chi connectivity index (χ0n) is 15.0. The Labute approximate surface area is 158 Å². The molecule has 1 amide bonds. The molecule has 0 spiro atoms. The summed E-state index contributed by atoms with van der Waals surface area (Å²) in [6.45, 7) is 4.92. The van der Waals surface area contributed by atoms with Crippen LogP contribution in [0.2, 0.25) is 0 Å². The van der Waals surface area contributed by atoms with Gasteiger partial charge in [0.15, 0.2) is 4.77 Å². The van der Waals surface area contributed by atoms with Crippen LogP contribution in [0.3, 0.4) is 0 Å².